The Morgan fingerprint density at radius 2 is 1.51 bits per heavy atom. The summed E-state index contributed by atoms with van der Waals surface area (Å²) in [6.45, 7) is 4.07. The van der Waals surface area contributed by atoms with Crippen molar-refractivity contribution in [1.82, 2.24) is 4.90 Å². The van der Waals surface area contributed by atoms with Gasteiger partial charge in [0.2, 0.25) is 6.29 Å². The van der Waals surface area contributed by atoms with E-state index in [0.717, 1.165) is 30.9 Å². The molecule has 6 heteroatoms. The Balaban J connectivity index is 1.24. The van der Waals surface area contributed by atoms with Gasteiger partial charge in [-0.3, -0.25) is 19.4 Å². The highest BCUT2D eigenvalue weighted by molar-refractivity contribution is 7.22. The Morgan fingerprint density at radius 1 is 0.829 bits per heavy atom. The number of amides is 1. The van der Waals surface area contributed by atoms with Crippen molar-refractivity contribution in [3.63, 3.8) is 0 Å². The lowest BCUT2D eigenvalue weighted by molar-refractivity contribution is -0.129. The molecule has 2 heterocycles. The van der Waals surface area contributed by atoms with Gasteiger partial charge in [-0.15, -0.1) is 11.3 Å². The highest BCUT2D eigenvalue weighted by Crippen LogP contribution is 2.41. The van der Waals surface area contributed by atoms with Gasteiger partial charge in [-0.25, -0.2) is 0 Å². The van der Waals surface area contributed by atoms with E-state index in [-0.39, 0.29) is 0 Å². The Kier molecular flexibility index (Phi) is 8.21. The number of para-hydroxylation sites is 1. The zero-order chi connectivity index (χ0) is 28.0. The SMILES string of the molecule is O=CC(=O)N(c1ccccc1)c1ccc(-c2sc3ccccc3c2Cc2ccc(OCCN3CCCC3)cc2)cc1. The molecule has 4 aromatic carbocycles. The fraction of sp³-hybridized carbons (Fsp3) is 0.200. The number of hydrogen-bond acceptors (Lipinski definition) is 5. The molecular weight excluding hydrogens is 528 g/mol. The van der Waals surface area contributed by atoms with Gasteiger partial charge in [0.05, 0.1) is 0 Å². The summed E-state index contributed by atoms with van der Waals surface area (Å²) in [5, 5.41) is 1.25. The van der Waals surface area contributed by atoms with Crippen molar-refractivity contribution < 1.29 is 14.3 Å². The molecule has 0 saturated carbocycles. The van der Waals surface area contributed by atoms with Crippen LogP contribution in [0.3, 0.4) is 0 Å². The first-order chi connectivity index (χ1) is 20.2. The second kappa shape index (κ2) is 12.5. The lowest BCUT2D eigenvalue weighted by Crippen LogP contribution is -2.26. The average molecular weight is 561 g/mol. The van der Waals surface area contributed by atoms with Crippen molar-refractivity contribution in [3.05, 3.63) is 114 Å². The molecule has 1 aliphatic heterocycles. The van der Waals surface area contributed by atoms with Crippen molar-refractivity contribution in [2.75, 3.05) is 31.1 Å². The Labute approximate surface area is 244 Å². The third-order valence-corrected chi connectivity index (χ3v) is 8.86. The smallest absolute Gasteiger partial charge is 0.295 e. The maximum absolute atomic E-state index is 12.5. The number of hydrogen-bond donors (Lipinski definition) is 0. The Morgan fingerprint density at radius 3 is 2.24 bits per heavy atom. The van der Waals surface area contributed by atoms with Crippen LogP contribution in [0.15, 0.2) is 103 Å². The van der Waals surface area contributed by atoms with Gasteiger partial charge in [-0.2, -0.15) is 0 Å². The van der Waals surface area contributed by atoms with Crippen LogP contribution in [-0.2, 0) is 16.0 Å². The predicted octanol–water partition coefficient (Wildman–Crippen LogP) is 7.50. The van der Waals surface area contributed by atoms with Crippen LogP contribution in [0.25, 0.3) is 20.5 Å². The van der Waals surface area contributed by atoms with Crippen LogP contribution >= 0.6 is 11.3 Å². The summed E-state index contributed by atoms with van der Waals surface area (Å²) in [7, 11) is 0. The molecule has 5 nitrogen and oxygen atoms in total. The molecule has 0 bridgehead atoms. The van der Waals surface area contributed by atoms with E-state index in [0.29, 0.717) is 17.7 Å². The maximum Gasteiger partial charge on any atom is 0.295 e. The number of benzene rings is 4. The second-order valence-electron chi connectivity index (χ2n) is 10.3. The third kappa shape index (κ3) is 6.09. The van der Waals surface area contributed by atoms with E-state index in [4.69, 9.17) is 4.74 Å². The highest BCUT2D eigenvalue weighted by Gasteiger charge is 2.19. The van der Waals surface area contributed by atoms with E-state index >= 15 is 0 Å². The van der Waals surface area contributed by atoms with E-state index in [1.807, 2.05) is 54.6 Å². The topological polar surface area (TPSA) is 49.9 Å². The molecule has 1 aromatic heterocycles. The number of rotatable bonds is 10. The van der Waals surface area contributed by atoms with Crippen molar-refractivity contribution in [2.45, 2.75) is 19.3 Å². The minimum atomic E-state index is -0.602. The lowest BCUT2D eigenvalue weighted by atomic mass is 9.98. The molecule has 0 aliphatic carbocycles. The van der Waals surface area contributed by atoms with E-state index < -0.39 is 5.91 Å². The Hall–Kier alpha value is -4.26. The van der Waals surface area contributed by atoms with E-state index in [9.17, 15) is 9.59 Å². The van der Waals surface area contributed by atoms with Crippen LogP contribution in [0.2, 0.25) is 0 Å². The zero-order valence-corrected chi connectivity index (χ0v) is 23.7. The number of anilines is 2. The number of ether oxygens (including phenoxy) is 1. The molecule has 0 N–H and O–H groups in total. The minimum absolute atomic E-state index is 0.356. The quantitative estimate of drug-likeness (QED) is 0.131. The number of carbonyl (C=O) groups excluding carboxylic acids is 2. The molecule has 1 fully saturated rings. The van der Waals surface area contributed by atoms with Gasteiger partial charge < -0.3 is 4.74 Å². The fourth-order valence-corrected chi connectivity index (χ4v) is 6.74. The molecular formula is C35H32N2O3S. The van der Waals surface area contributed by atoms with Crippen LogP contribution in [0.5, 0.6) is 5.75 Å². The standard InChI is InChI=1S/C35H32N2O3S/c38-25-34(39)37(28-8-2-1-3-9-28)29-16-14-27(15-17-29)35-32(31-10-4-5-11-33(31)41-35)24-26-12-18-30(19-13-26)40-23-22-36-20-6-7-21-36/h1-5,8-19,25H,6-7,20-24H2. The van der Waals surface area contributed by atoms with Crippen LogP contribution in [0.4, 0.5) is 11.4 Å². The van der Waals surface area contributed by atoms with Crippen molar-refractivity contribution in [1.29, 1.82) is 0 Å². The largest absolute Gasteiger partial charge is 0.492 e. The summed E-state index contributed by atoms with van der Waals surface area (Å²) in [6, 6.07) is 34.1. The molecule has 6 rings (SSSR count). The fourth-order valence-electron chi connectivity index (χ4n) is 5.51. The average Bonchev–Trinajstić information content (AvgIpc) is 3.67. The van der Waals surface area contributed by atoms with Gasteiger partial charge in [-0.05, 0) is 96.9 Å². The van der Waals surface area contributed by atoms with Gasteiger partial charge in [0.25, 0.3) is 5.91 Å². The summed E-state index contributed by atoms with van der Waals surface area (Å²) < 4.78 is 7.26. The molecule has 1 amide bonds. The summed E-state index contributed by atoms with van der Waals surface area (Å²) in [5.41, 5.74) is 4.90. The summed E-state index contributed by atoms with van der Waals surface area (Å²) in [4.78, 5) is 29.1. The molecule has 0 unspecified atom stereocenters. The molecule has 0 atom stereocenters. The number of likely N-dealkylation sites (tertiary alicyclic amines) is 1. The summed E-state index contributed by atoms with van der Waals surface area (Å²) in [6.07, 6.45) is 3.75. The third-order valence-electron chi connectivity index (χ3n) is 7.60. The molecule has 206 valence electrons. The number of nitrogens with zero attached hydrogens (tertiary/aromatic N) is 2. The van der Waals surface area contributed by atoms with Crippen LogP contribution in [0, 0.1) is 0 Å². The van der Waals surface area contributed by atoms with Crippen LogP contribution in [0.1, 0.15) is 24.0 Å². The van der Waals surface area contributed by atoms with Crippen LogP contribution in [-0.4, -0.2) is 43.3 Å². The first-order valence-corrected chi connectivity index (χ1v) is 14.9. The van der Waals surface area contributed by atoms with E-state index in [2.05, 4.69) is 53.4 Å². The van der Waals surface area contributed by atoms with Gasteiger partial charge in [0.15, 0.2) is 0 Å². The number of aldehydes is 1. The van der Waals surface area contributed by atoms with E-state index in [1.54, 1.807) is 11.3 Å². The Bertz CT molecular complexity index is 1620. The summed E-state index contributed by atoms with van der Waals surface area (Å²) >= 11 is 1.78. The van der Waals surface area contributed by atoms with E-state index in [1.165, 1.54) is 56.9 Å². The lowest BCUT2D eigenvalue weighted by Gasteiger charge is -2.20. The summed E-state index contributed by atoms with van der Waals surface area (Å²) in [5.74, 6) is 0.307. The first-order valence-electron chi connectivity index (χ1n) is 14.1. The normalized spacial score (nSPS) is 13.4. The molecule has 5 aromatic rings. The minimum Gasteiger partial charge on any atom is -0.492 e. The number of thiophene rings is 1. The monoisotopic (exact) mass is 560 g/mol. The second-order valence-corrected chi connectivity index (χ2v) is 11.3. The van der Waals surface area contributed by atoms with Gasteiger partial charge in [0.1, 0.15) is 12.4 Å². The number of carbonyl (C=O) groups is 2. The molecule has 1 saturated heterocycles. The molecule has 41 heavy (non-hydrogen) atoms. The molecule has 1 aliphatic rings. The van der Waals surface area contributed by atoms with Gasteiger partial charge >= 0.3 is 0 Å². The zero-order valence-electron chi connectivity index (χ0n) is 22.9. The molecule has 0 spiro atoms. The van der Waals surface area contributed by atoms with Gasteiger partial charge in [-0.1, -0.05) is 60.7 Å². The highest BCUT2D eigenvalue weighted by atomic mass is 32.1. The van der Waals surface area contributed by atoms with Crippen LogP contribution < -0.4 is 9.64 Å². The predicted molar refractivity (Wildman–Crippen MR) is 167 cm³/mol. The van der Waals surface area contributed by atoms with Gasteiger partial charge in [0, 0.05) is 27.5 Å². The maximum atomic E-state index is 12.5. The first kappa shape index (κ1) is 26.9. The molecule has 0 radical (unpaired) electrons. The van der Waals surface area contributed by atoms with Crippen molar-refractivity contribution >= 4 is 45.0 Å². The number of fused-ring (bicyclic) bond motifs is 1. The van der Waals surface area contributed by atoms with Crippen molar-refractivity contribution in [3.8, 4) is 16.2 Å². The van der Waals surface area contributed by atoms with Crippen molar-refractivity contribution in [2.24, 2.45) is 0 Å².